The molecule has 0 saturated carbocycles. The summed E-state index contributed by atoms with van der Waals surface area (Å²) in [4.78, 5) is 0. The molecule has 0 atom stereocenters. The van der Waals surface area contributed by atoms with Crippen molar-refractivity contribution in [2.45, 2.75) is 10.9 Å². The SMILES string of the molecule is [Te]CCc1ccccc1. The van der Waals surface area contributed by atoms with Crippen LogP contribution in [0.15, 0.2) is 30.3 Å². The fraction of sp³-hybridized carbons (Fsp3) is 0.250. The molecule has 0 aliphatic rings. The van der Waals surface area contributed by atoms with E-state index in [1.807, 2.05) is 0 Å². The molecule has 0 aliphatic carbocycles. The molecule has 0 saturated heterocycles. The van der Waals surface area contributed by atoms with Crippen LogP contribution < -0.4 is 0 Å². The number of benzene rings is 1. The topological polar surface area (TPSA) is 0 Å². The molecule has 1 rings (SSSR count). The van der Waals surface area contributed by atoms with Crippen molar-refractivity contribution in [3.63, 3.8) is 0 Å². The molecule has 0 spiro atoms. The second-order valence-electron chi connectivity index (χ2n) is 1.94. The van der Waals surface area contributed by atoms with Gasteiger partial charge in [0.25, 0.3) is 0 Å². The predicted molar refractivity (Wildman–Crippen MR) is 40.7 cm³/mol. The van der Waals surface area contributed by atoms with Crippen LogP contribution in [0.25, 0.3) is 0 Å². The zero-order valence-corrected chi connectivity index (χ0v) is 7.54. The Balaban J connectivity index is 2.61. The van der Waals surface area contributed by atoms with Crippen molar-refractivity contribution in [1.29, 1.82) is 0 Å². The van der Waals surface area contributed by atoms with Gasteiger partial charge in [-0.3, -0.25) is 0 Å². The molecule has 0 fully saturated rings. The van der Waals surface area contributed by atoms with Crippen LogP contribution >= 0.6 is 0 Å². The Labute approximate surface area is 69.2 Å². The second-order valence-corrected chi connectivity index (χ2v) is 3.10. The van der Waals surface area contributed by atoms with Gasteiger partial charge in [-0.1, -0.05) is 0 Å². The van der Waals surface area contributed by atoms with E-state index in [-0.39, 0.29) is 0 Å². The minimum absolute atomic E-state index is 1.21. The van der Waals surface area contributed by atoms with Crippen LogP contribution in [0.1, 0.15) is 5.56 Å². The molecule has 0 bridgehead atoms. The molecule has 0 aromatic heterocycles. The first-order chi connectivity index (χ1) is 4.43. The van der Waals surface area contributed by atoms with E-state index in [2.05, 4.69) is 52.6 Å². The van der Waals surface area contributed by atoms with E-state index < -0.39 is 0 Å². The van der Waals surface area contributed by atoms with Crippen molar-refractivity contribution in [3.8, 4) is 0 Å². The van der Waals surface area contributed by atoms with Gasteiger partial charge in [0.05, 0.1) is 0 Å². The molecule has 1 radical (unpaired) electrons. The van der Waals surface area contributed by atoms with E-state index >= 15 is 0 Å². The Bertz CT molecular complexity index is 157. The maximum atomic E-state index is 2.17. The zero-order valence-electron chi connectivity index (χ0n) is 5.21. The van der Waals surface area contributed by atoms with Gasteiger partial charge in [-0.15, -0.1) is 0 Å². The third-order valence-electron chi connectivity index (χ3n) is 1.23. The second kappa shape index (κ2) is 3.93. The van der Waals surface area contributed by atoms with Crippen LogP contribution in [0, 0.1) is 0 Å². The van der Waals surface area contributed by atoms with Gasteiger partial charge in [0, 0.05) is 0 Å². The molecular weight excluding hydrogens is 224 g/mol. The first kappa shape index (κ1) is 7.12. The van der Waals surface area contributed by atoms with E-state index in [9.17, 15) is 0 Å². The molecule has 1 aromatic rings. The van der Waals surface area contributed by atoms with Crippen molar-refractivity contribution >= 4 is 22.3 Å². The number of hydrogen-bond acceptors (Lipinski definition) is 0. The summed E-state index contributed by atoms with van der Waals surface area (Å²) < 4.78 is 1.25. The monoisotopic (exact) mass is 235 g/mol. The van der Waals surface area contributed by atoms with Gasteiger partial charge in [-0.2, -0.15) is 0 Å². The fourth-order valence-corrected chi connectivity index (χ4v) is 1.44. The standard InChI is InChI=1S/C8H9Te/c9-7-6-8-4-2-1-3-5-8/h1-5H,6-7H2. The van der Waals surface area contributed by atoms with E-state index in [4.69, 9.17) is 0 Å². The Morgan fingerprint density at radius 2 is 1.78 bits per heavy atom. The third kappa shape index (κ3) is 2.39. The summed E-state index contributed by atoms with van der Waals surface area (Å²) in [5, 5.41) is 0. The quantitative estimate of drug-likeness (QED) is 0.683. The van der Waals surface area contributed by atoms with E-state index in [0.717, 1.165) is 0 Å². The molecule has 0 nitrogen and oxygen atoms in total. The molecule has 0 amide bonds. The van der Waals surface area contributed by atoms with Crippen molar-refractivity contribution in [2.24, 2.45) is 0 Å². The zero-order chi connectivity index (χ0) is 6.53. The molecule has 0 heterocycles. The molecule has 0 aliphatic heterocycles. The Morgan fingerprint density at radius 1 is 1.11 bits per heavy atom. The third-order valence-corrected chi connectivity index (χ3v) is 1.82. The number of aryl methyl sites for hydroxylation is 1. The minimum atomic E-state index is 1.21. The van der Waals surface area contributed by atoms with Gasteiger partial charge in [0.2, 0.25) is 0 Å². The summed E-state index contributed by atoms with van der Waals surface area (Å²) >= 11 is 2.14. The fourth-order valence-electron chi connectivity index (χ4n) is 0.763. The van der Waals surface area contributed by atoms with Gasteiger partial charge in [-0.25, -0.2) is 0 Å². The molecule has 0 N–H and O–H groups in total. The van der Waals surface area contributed by atoms with Crippen LogP contribution in [-0.4, -0.2) is 22.3 Å². The molecule has 47 valence electrons. The van der Waals surface area contributed by atoms with Crippen LogP contribution in [0.2, 0.25) is 4.47 Å². The van der Waals surface area contributed by atoms with Crippen molar-refractivity contribution in [3.05, 3.63) is 35.9 Å². The Hall–Kier alpha value is 0.00961. The summed E-state index contributed by atoms with van der Waals surface area (Å²) in [5.74, 6) is 0. The predicted octanol–water partition coefficient (Wildman–Crippen LogP) is 1.82. The van der Waals surface area contributed by atoms with Gasteiger partial charge < -0.3 is 0 Å². The summed E-state index contributed by atoms with van der Waals surface area (Å²) in [6.07, 6.45) is 1.21. The van der Waals surface area contributed by atoms with Gasteiger partial charge >= 0.3 is 69.1 Å². The molecule has 0 unspecified atom stereocenters. The first-order valence-electron chi connectivity index (χ1n) is 3.05. The molecule has 1 heteroatoms. The van der Waals surface area contributed by atoms with Crippen LogP contribution in [-0.2, 0) is 6.42 Å². The Morgan fingerprint density at radius 3 is 2.33 bits per heavy atom. The van der Waals surface area contributed by atoms with E-state index in [1.165, 1.54) is 16.5 Å². The summed E-state index contributed by atoms with van der Waals surface area (Å²) in [5.41, 5.74) is 1.45. The first-order valence-corrected chi connectivity index (χ1v) is 4.70. The Kier molecular flexibility index (Phi) is 3.11. The summed E-state index contributed by atoms with van der Waals surface area (Å²) in [6, 6.07) is 10.6. The summed E-state index contributed by atoms with van der Waals surface area (Å²) in [6.45, 7) is 0. The van der Waals surface area contributed by atoms with Gasteiger partial charge in [0.15, 0.2) is 0 Å². The molecular formula is C8H9Te. The normalized spacial score (nSPS) is 9.44. The molecule has 1 aromatic carbocycles. The maximum absolute atomic E-state index is 2.17. The van der Waals surface area contributed by atoms with Crippen molar-refractivity contribution in [2.75, 3.05) is 0 Å². The average molecular weight is 233 g/mol. The molecule has 9 heavy (non-hydrogen) atoms. The van der Waals surface area contributed by atoms with Gasteiger partial charge in [0.1, 0.15) is 0 Å². The van der Waals surface area contributed by atoms with Crippen molar-refractivity contribution < 1.29 is 0 Å². The summed E-state index contributed by atoms with van der Waals surface area (Å²) in [7, 11) is 0. The average Bonchev–Trinajstić information content (AvgIpc) is 1.91. The number of rotatable bonds is 2. The number of hydrogen-bond donors (Lipinski definition) is 0. The van der Waals surface area contributed by atoms with Crippen LogP contribution in [0.3, 0.4) is 0 Å². The van der Waals surface area contributed by atoms with Crippen LogP contribution in [0.4, 0.5) is 0 Å². The van der Waals surface area contributed by atoms with Gasteiger partial charge in [-0.05, 0) is 0 Å². The van der Waals surface area contributed by atoms with Crippen molar-refractivity contribution in [1.82, 2.24) is 0 Å². The van der Waals surface area contributed by atoms with E-state index in [0.29, 0.717) is 0 Å². The van der Waals surface area contributed by atoms with E-state index in [1.54, 1.807) is 0 Å². The van der Waals surface area contributed by atoms with Crippen LogP contribution in [0.5, 0.6) is 0 Å².